The summed E-state index contributed by atoms with van der Waals surface area (Å²) >= 11 is 1.65. The maximum absolute atomic E-state index is 13.3. The lowest BCUT2D eigenvalue weighted by Gasteiger charge is -2.37. The van der Waals surface area contributed by atoms with Gasteiger partial charge in [0.05, 0.1) is 17.7 Å². The molecule has 0 saturated carbocycles. The Balaban J connectivity index is 1.70. The normalized spacial score (nSPS) is 19.1. The van der Waals surface area contributed by atoms with Crippen LogP contribution in [0.5, 0.6) is 5.75 Å². The van der Waals surface area contributed by atoms with E-state index in [9.17, 15) is 4.79 Å². The summed E-state index contributed by atoms with van der Waals surface area (Å²) in [6.45, 7) is 7.00. The van der Waals surface area contributed by atoms with Crippen molar-refractivity contribution >= 4 is 28.4 Å². The molecule has 1 aliphatic heterocycles. The first-order chi connectivity index (χ1) is 14.5. The second-order valence-electron chi connectivity index (χ2n) is 7.81. The Kier molecular flexibility index (Phi) is 5.72. The fourth-order valence-corrected chi connectivity index (χ4v) is 4.79. The number of hydrogen-bond acceptors (Lipinski definition) is 5. The molecule has 6 nitrogen and oxygen atoms in total. The highest BCUT2D eigenvalue weighted by Crippen LogP contribution is 2.43. The van der Waals surface area contributed by atoms with Crippen LogP contribution in [0.4, 0.5) is 0 Å². The van der Waals surface area contributed by atoms with Gasteiger partial charge in [-0.15, -0.1) is 11.3 Å². The predicted octanol–water partition coefficient (Wildman–Crippen LogP) is 4.70. The lowest BCUT2D eigenvalue weighted by Crippen LogP contribution is -2.47. The van der Waals surface area contributed by atoms with Gasteiger partial charge in [-0.1, -0.05) is 25.5 Å². The average molecular weight is 423 g/mol. The van der Waals surface area contributed by atoms with Crippen molar-refractivity contribution in [3.05, 3.63) is 63.9 Å². The van der Waals surface area contributed by atoms with Gasteiger partial charge in [-0.2, -0.15) is 5.10 Å². The topological polar surface area (TPSA) is 79.9 Å². The summed E-state index contributed by atoms with van der Waals surface area (Å²) in [5.74, 6) is 1.20. The van der Waals surface area contributed by atoms with E-state index in [4.69, 9.17) is 4.74 Å². The minimum absolute atomic E-state index is 0.147. The SMILES string of the molecule is CCCCOc1ccc(C2(C)CC(c3sccc3C)=C(c3ncn[nH]3)C(=O)N2)cc1. The van der Waals surface area contributed by atoms with Crippen molar-refractivity contribution in [2.24, 2.45) is 0 Å². The number of ether oxygens (including phenoxy) is 1. The molecule has 1 atom stereocenters. The van der Waals surface area contributed by atoms with Crippen LogP contribution in [-0.4, -0.2) is 27.7 Å². The maximum atomic E-state index is 13.3. The van der Waals surface area contributed by atoms with E-state index in [1.165, 1.54) is 6.33 Å². The van der Waals surface area contributed by atoms with Crippen molar-refractivity contribution in [3.63, 3.8) is 0 Å². The third-order valence-electron chi connectivity index (χ3n) is 5.49. The Morgan fingerprint density at radius 2 is 2.03 bits per heavy atom. The summed E-state index contributed by atoms with van der Waals surface area (Å²) in [4.78, 5) is 18.6. The molecule has 30 heavy (non-hydrogen) atoms. The molecular formula is C23H26N4O2S. The summed E-state index contributed by atoms with van der Waals surface area (Å²) in [6, 6.07) is 10.1. The lowest BCUT2D eigenvalue weighted by atomic mass is 9.79. The van der Waals surface area contributed by atoms with E-state index in [2.05, 4.69) is 52.7 Å². The van der Waals surface area contributed by atoms with Gasteiger partial charge in [-0.05, 0) is 60.5 Å². The molecule has 156 valence electrons. The molecule has 0 bridgehead atoms. The lowest BCUT2D eigenvalue weighted by molar-refractivity contribution is -0.117. The van der Waals surface area contributed by atoms with E-state index in [0.717, 1.165) is 46.8 Å². The van der Waals surface area contributed by atoms with Crippen molar-refractivity contribution in [2.75, 3.05) is 6.61 Å². The first-order valence-electron chi connectivity index (χ1n) is 10.2. The molecule has 1 amide bonds. The second kappa shape index (κ2) is 8.44. The van der Waals surface area contributed by atoms with E-state index in [1.54, 1.807) is 11.3 Å². The molecular weight excluding hydrogens is 396 g/mol. The number of aromatic amines is 1. The van der Waals surface area contributed by atoms with E-state index >= 15 is 0 Å². The van der Waals surface area contributed by atoms with Crippen molar-refractivity contribution in [3.8, 4) is 5.75 Å². The third kappa shape index (κ3) is 3.89. The third-order valence-corrected chi connectivity index (χ3v) is 6.57. The number of H-pyrrole nitrogens is 1. The molecule has 1 aliphatic rings. The van der Waals surface area contributed by atoms with Crippen LogP contribution in [0.2, 0.25) is 0 Å². The largest absolute Gasteiger partial charge is 0.494 e. The van der Waals surface area contributed by atoms with E-state index < -0.39 is 5.54 Å². The number of benzene rings is 1. The summed E-state index contributed by atoms with van der Waals surface area (Å²) in [7, 11) is 0. The van der Waals surface area contributed by atoms with Crippen LogP contribution in [0.25, 0.3) is 11.1 Å². The zero-order valence-corrected chi connectivity index (χ0v) is 18.3. The fourth-order valence-electron chi connectivity index (χ4n) is 3.82. The number of unbranched alkanes of at least 4 members (excludes halogenated alkanes) is 1. The zero-order valence-electron chi connectivity index (χ0n) is 17.5. The van der Waals surface area contributed by atoms with Gasteiger partial charge >= 0.3 is 0 Å². The van der Waals surface area contributed by atoms with E-state index in [0.29, 0.717) is 17.8 Å². The van der Waals surface area contributed by atoms with E-state index in [1.807, 2.05) is 24.3 Å². The predicted molar refractivity (Wildman–Crippen MR) is 119 cm³/mol. The first-order valence-corrected chi connectivity index (χ1v) is 11.1. The molecule has 0 saturated heterocycles. The number of aromatic nitrogens is 3. The number of nitrogens with one attached hydrogen (secondary N) is 2. The van der Waals surface area contributed by atoms with Crippen molar-refractivity contribution in [1.82, 2.24) is 20.5 Å². The van der Waals surface area contributed by atoms with Gasteiger partial charge in [-0.3, -0.25) is 9.89 Å². The smallest absolute Gasteiger partial charge is 0.256 e. The Bertz CT molecular complexity index is 1050. The number of thiophene rings is 1. The highest BCUT2D eigenvalue weighted by molar-refractivity contribution is 7.11. The minimum Gasteiger partial charge on any atom is -0.494 e. The number of carbonyl (C=O) groups excluding carboxylic acids is 1. The average Bonchev–Trinajstić information content (AvgIpc) is 3.40. The Morgan fingerprint density at radius 1 is 1.23 bits per heavy atom. The van der Waals surface area contributed by atoms with Crippen molar-refractivity contribution in [1.29, 1.82) is 0 Å². The van der Waals surface area contributed by atoms with Gasteiger partial charge in [0, 0.05) is 11.3 Å². The summed E-state index contributed by atoms with van der Waals surface area (Å²) < 4.78 is 5.79. The molecule has 1 aromatic carbocycles. The molecule has 0 aliphatic carbocycles. The number of nitrogens with zero attached hydrogens (tertiary/aromatic N) is 2. The molecule has 0 fully saturated rings. The molecule has 7 heteroatoms. The van der Waals surface area contributed by atoms with Gasteiger partial charge in [-0.25, -0.2) is 4.98 Å². The minimum atomic E-state index is -0.533. The molecule has 0 radical (unpaired) electrons. The molecule has 1 unspecified atom stereocenters. The monoisotopic (exact) mass is 422 g/mol. The fraction of sp³-hybridized carbons (Fsp3) is 0.348. The quantitative estimate of drug-likeness (QED) is 0.541. The van der Waals surface area contributed by atoms with Crippen LogP contribution >= 0.6 is 11.3 Å². The van der Waals surface area contributed by atoms with Crippen molar-refractivity contribution < 1.29 is 9.53 Å². The standard InChI is InChI=1S/C23H26N4O2S/c1-4-5-11-29-17-8-6-16(7-9-17)23(3)13-18(20-15(2)10-12-30-20)19(22(28)26-23)21-24-14-25-27-21/h6-10,12,14H,4-5,11,13H2,1-3H3,(H,26,28)(H,24,25,27). The van der Waals surface area contributed by atoms with Crippen LogP contribution in [0, 0.1) is 6.92 Å². The van der Waals surface area contributed by atoms with Crippen LogP contribution in [0.1, 0.15) is 54.9 Å². The number of aryl methyl sites for hydroxylation is 1. The second-order valence-corrected chi connectivity index (χ2v) is 8.73. The highest BCUT2D eigenvalue weighted by Gasteiger charge is 2.39. The summed E-state index contributed by atoms with van der Waals surface area (Å²) in [6.07, 6.45) is 4.23. The summed E-state index contributed by atoms with van der Waals surface area (Å²) in [5, 5.41) is 12.1. The van der Waals surface area contributed by atoms with Crippen molar-refractivity contribution in [2.45, 2.75) is 45.6 Å². The van der Waals surface area contributed by atoms with Gasteiger partial charge in [0.2, 0.25) is 0 Å². The van der Waals surface area contributed by atoms with Crippen LogP contribution in [0.15, 0.2) is 42.0 Å². The molecule has 2 N–H and O–H groups in total. The Hall–Kier alpha value is -2.93. The summed E-state index contributed by atoms with van der Waals surface area (Å²) in [5.41, 5.74) is 3.23. The Labute approximate surface area is 180 Å². The molecule has 4 rings (SSSR count). The van der Waals surface area contributed by atoms with Crippen LogP contribution < -0.4 is 10.1 Å². The number of rotatable bonds is 7. The zero-order chi connectivity index (χ0) is 21.1. The van der Waals surface area contributed by atoms with Crippen LogP contribution in [-0.2, 0) is 10.3 Å². The number of hydrogen-bond donors (Lipinski definition) is 2. The van der Waals surface area contributed by atoms with Gasteiger partial charge in [0.1, 0.15) is 12.1 Å². The molecule has 0 spiro atoms. The molecule has 2 aromatic heterocycles. The molecule has 3 aromatic rings. The van der Waals surface area contributed by atoms with Crippen LogP contribution in [0.3, 0.4) is 0 Å². The van der Waals surface area contributed by atoms with Gasteiger partial charge in [0.25, 0.3) is 5.91 Å². The highest BCUT2D eigenvalue weighted by atomic mass is 32.1. The Morgan fingerprint density at radius 3 is 2.67 bits per heavy atom. The van der Waals surface area contributed by atoms with Gasteiger partial charge in [0.15, 0.2) is 5.82 Å². The number of amides is 1. The first kappa shape index (κ1) is 20.3. The molecule has 3 heterocycles. The van der Waals surface area contributed by atoms with Gasteiger partial charge < -0.3 is 10.1 Å². The number of carbonyl (C=O) groups is 1. The maximum Gasteiger partial charge on any atom is 0.256 e. The van der Waals surface area contributed by atoms with E-state index in [-0.39, 0.29) is 5.91 Å².